The van der Waals surface area contributed by atoms with Gasteiger partial charge in [0.25, 0.3) is 5.91 Å². The normalized spacial score (nSPS) is 12.2. The topological polar surface area (TPSA) is 61.9 Å². The second kappa shape index (κ2) is 5.33. The van der Waals surface area contributed by atoms with E-state index in [4.69, 9.17) is 5.26 Å². The van der Waals surface area contributed by atoms with Crippen molar-refractivity contribution in [1.29, 1.82) is 5.26 Å². The number of rotatable bonds is 3. The van der Waals surface area contributed by atoms with Gasteiger partial charge in [-0.3, -0.25) is 4.79 Å². The van der Waals surface area contributed by atoms with Gasteiger partial charge in [-0.15, -0.1) is 0 Å². The molecule has 0 aliphatic rings. The predicted molar refractivity (Wildman–Crippen MR) is 77.2 cm³/mol. The highest BCUT2D eigenvalue weighted by Crippen LogP contribution is 2.18. The smallest absolute Gasteiger partial charge is 0.253 e. The monoisotopic (exact) mass is 270 g/mol. The summed E-state index contributed by atoms with van der Waals surface area (Å²) in [7, 11) is 3.67. The van der Waals surface area contributed by atoms with Gasteiger partial charge in [0, 0.05) is 25.7 Å². The maximum Gasteiger partial charge on any atom is 0.253 e. The molecule has 5 heteroatoms. The van der Waals surface area contributed by atoms with Crippen LogP contribution in [0.15, 0.2) is 18.2 Å². The van der Waals surface area contributed by atoms with Crippen molar-refractivity contribution < 1.29 is 4.79 Å². The molecular formula is C15H18N4O. The molecule has 0 N–H and O–H groups in total. The molecule has 1 unspecified atom stereocenters. The van der Waals surface area contributed by atoms with Gasteiger partial charge in [0.2, 0.25) is 0 Å². The van der Waals surface area contributed by atoms with E-state index >= 15 is 0 Å². The number of carbonyl (C=O) groups is 1. The number of hydrogen-bond acceptors (Lipinski definition) is 3. The van der Waals surface area contributed by atoms with Crippen LogP contribution in [0.25, 0.3) is 11.0 Å². The van der Waals surface area contributed by atoms with Crippen LogP contribution in [-0.2, 0) is 7.05 Å². The molecule has 0 radical (unpaired) electrons. The van der Waals surface area contributed by atoms with Gasteiger partial charge in [-0.1, -0.05) is 0 Å². The molecular weight excluding hydrogens is 252 g/mol. The Kier molecular flexibility index (Phi) is 3.75. The third-order valence-electron chi connectivity index (χ3n) is 3.72. The maximum absolute atomic E-state index is 12.4. The van der Waals surface area contributed by atoms with Crippen molar-refractivity contribution in [1.82, 2.24) is 14.5 Å². The number of nitriles is 1. The lowest BCUT2D eigenvalue weighted by Gasteiger charge is -2.22. The van der Waals surface area contributed by atoms with Crippen molar-refractivity contribution in [3.05, 3.63) is 29.6 Å². The Morgan fingerprint density at radius 2 is 2.25 bits per heavy atom. The van der Waals surface area contributed by atoms with E-state index in [0.717, 1.165) is 16.9 Å². The predicted octanol–water partition coefficient (Wildman–Crippen LogP) is 2.26. The van der Waals surface area contributed by atoms with Crippen molar-refractivity contribution in [3.63, 3.8) is 0 Å². The number of hydrogen-bond donors (Lipinski definition) is 0. The molecule has 0 bridgehead atoms. The molecule has 1 atom stereocenters. The first-order valence-electron chi connectivity index (χ1n) is 6.53. The molecule has 104 valence electrons. The lowest BCUT2D eigenvalue weighted by Crippen LogP contribution is -2.34. The summed E-state index contributed by atoms with van der Waals surface area (Å²) in [5, 5.41) is 8.71. The fraction of sp³-hybridized carbons (Fsp3) is 0.400. The number of aryl methyl sites for hydroxylation is 2. The number of carbonyl (C=O) groups excluding carboxylic acids is 1. The number of benzene rings is 1. The van der Waals surface area contributed by atoms with E-state index in [0.29, 0.717) is 12.0 Å². The number of aromatic nitrogens is 2. The molecule has 1 aromatic heterocycles. The Balaban J connectivity index is 2.34. The third kappa shape index (κ3) is 2.37. The first-order valence-corrected chi connectivity index (χ1v) is 6.53. The first-order chi connectivity index (χ1) is 9.45. The largest absolute Gasteiger partial charge is 0.338 e. The van der Waals surface area contributed by atoms with Gasteiger partial charge in [-0.2, -0.15) is 5.26 Å². The summed E-state index contributed by atoms with van der Waals surface area (Å²) in [5.74, 6) is 0.828. The second-order valence-electron chi connectivity index (χ2n) is 5.05. The van der Waals surface area contributed by atoms with Crippen molar-refractivity contribution in [2.75, 3.05) is 7.05 Å². The van der Waals surface area contributed by atoms with Gasteiger partial charge >= 0.3 is 0 Å². The highest BCUT2D eigenvalue weighted by molar-refractivity contribution is 5.97. The SMILES string of the molecule is Cc1nc2cc(C(=O)N(C)C(C)CC#N)ccc2n1C. The Bertz CT molecular complexity index is 696. The van der Waals surface area contributed by atoms with E-state index in [2.05, 4.69) is 11.1 Å². The summed E-state index contributed by atoms with van der Waals surface area (Å²) in [4.78, 5) is 18.4. The van der Waals surface area contributed by atoms with Crippen LogP contribution in [0.5, 0.6) is 0 Å². The van der Waals surface area contributed by atoms with Crippen LogP contribution >= 0.6 is 0 Å². The standard InChI is InChI=1S/C15H18N4O/c1-10(7-8-16)18(3)15(20)12-5-6-14-13(9-12)17-11(2)19(14)4/h5-6,9-10H,7H2,1-4H3. The average Bonchev–Trinajstić information content (AvgIpc) is 2.72. The van der Waals surface area contributed by atoms with E-state index in [9.17, 15) is 4.79 Å². The minimum Gasteiger partial charge on any atom is -0.338 e. The van der Waals surface area contributed by atoms with Crippen LogP contribution in [0.3, 0.4) is 0 Å². The summed E-state index contributed by atoms with van der Waals surface area (Å²) in [5.41, 5.74) is 2.42. The van der Waals surface area contributed by atoms with E-state index in [1.54, 1.807) is 24.1 Å². The molecule has 1 heterocycles. The number of fused-ring (bicyclic) bond motifs is 1. The Hall–Kier alpha value is -2.35. The molecule has 0 saturated carbocycles. The molecule has 0 aliphatic heterocycles. The molecule has 5 nitrogen and oxygen atoms in total. The van der Waals surface area contributed by atoms with Gasteiger partial charge in [0.15, 0.2) is 0 Å². The second-order valence-corrected chi connectivity index (χ2v) is 5.05. The highest BCUT2D eigenvalue weighted by atomic mass is 16.2. The summed E-state index contributed by atoms with van der Waals surface area (Å²) >= 11 is 0. The Morgan fingerprint density at radius 1 is 1.55 bits per heavy atom. The third-order valence-corrected chi connectivity index (χ3v) is 3.72. The number of nitrogens with zero attached hydrogens (tertiary/aromatic N) is 4. The molecule has 1 amide bonds. The molecule has 0 spiro atoms. The van der Waals surface area contributed by atoms with Crippen molar-refractivity contribution in [2.24, 2.45) is 7.05 Å². The minimum atomic E-state index is -0.103. The van der Waals surface area contributed by atoms with Crippen molar-refractivity contribution in [2.45, 2.75) is 26.3 Å². The van der Waals surface area contributed by atoms with Crippen LogP contribution in [0.1, 0.15) is 29.5 Å². The summed E-state index contributed by atoms with van der Waals surface area (Å²) in [6, 6.07) is 7.50. The molecule has 0 aliphatic carbocycles. The number of imidazole rings is 1. The van der Waals surface area contributed by atoms with Crippen molar-refractivity contribution in [3.8, 4) is 6.07 Å². The summed E-state index contributed by atoms with van der Waals surface area (Å²) < 4.78 is 1.99. The zero-order valence-corrected chi connectivity index (χ0v) is 12.2. The van der Waals surface area contributed by atoms with Gasteiger partial charge in [0.1, 0.15) is 5.82 Å². The Morgan fingerprint density at radius 3 is 2.90 bits per heavy atom. The maximum atomic E-state index is 12.4. The molecule has 1 aromatic carbocycles. The van der Waals surface area contributed by atoms with Crippen LogP contribution in [-0.4, -0.2) is 33.4 Å². The van der Waals surface area contributed by atoms with Gasteiger partial charge in [-0.25, -0.2) is 4.98 Å². The molecule has 2 rings (SSSR count). The zero-order chi connectivity index (χ0) is 14.9. The fourth-order valence-electron chi connectivity index (χ4n) is 2.13. The minimum absolute atomic E-state index is 0.0852. The first kappa shape index (κ1) is 14.1. The molecule has 20 heavy (non-hydrogen) atoms. The molecule has 0 saturated heterocycles. The van der Waals surface area contributed by atoms with E-state index in [1.807, 2.05) is 31.5 Å². The van der Waals surface area contributed by atoms with E-state index < -0.39 is 0 Å². The summed E-state index contributed by atoms with van der Waals surface area (Å²) in [6.45, 7) is 3.80. The van der Waals surface area contributed by atoms with E-state index in [-0.39, 0.29) is 11.9 Å². The Labute approximate surface area is 118 Å². The van der Waals surface area contributed by atoms with Crippen LogP contribution in [0.4, 0.5) is 0 Å². The van der Waals surface area contributed by atoms with Crippen molar-refractivity contribution >= 4 is 16.9 Å². The van der Waals surface area contributed by atoms with E-state index in [1.165, 1.54) is 0 Å². The van der Waals surface area contributed by atoms with Crippen LogP contribution < -0.4 is 0 Å². The molecule has 0 fully saturated rings. The van der Waals surface area contributed by atoms with Crippen LogP contribution in [0.2, 0.25) is 0 Å². The van der Waals surface area contributed by atoms with Gasteiger partial charge < -0.3 is 9.47 Å². The quantitative estimate of drug-likeness (QED) is 0.859. The van der Waals surface area contributed by atoms with Gasteiger partial charge in [-0.05, 0) is 32.0 Å². The highest BCUT2D eigenvalue weighted by Gasteiger charge is 2.18. The lowest BCUT2D eigenvalue weighted by atomic mass is 10.1. The van der Waals surface area contributed by atoms with Gasteiger partial charge in [0.05, 0.1) is 23.5 Å². The number of amides is 1. The van der Waals surface area contributed by atoms with Crippen LogP contribution in [0, 0.1) is 18.3 Å². The average molecular weight is 270 g/mol. The lowest BCUT2D eigenvalue weighted by molar-refractivity contribution is 0.0746. The molecule has 2 aromatic rings. The zero-order valence-electron chi connectivity index (χ0n) is 12.2. The summed E-state index contributed by atoms with van der Waals surface area (Å²) in [6.07, 6.45) is 0.327. The fourth-order valence-corrected chi connectivity index (χ4v) is 2.13.